The van der Waals surface area contributed by atoms with Gasteiger partial charge in [0, 0.05) is 6.54 Å². The van der Waals surface area contributed by atoms with Crippen molar-refractivity contribution in [1.29, 1.82) is 0 Å². The van der Waals surface area contributed by atoms with Crippen LogP contribution in [0.4, 0.5) is 0 Å². The molecular weight excluding hydrogens is 190 g/mol. The predicted molar refractivity (Wildman–Crippen MR) is 51.1 cm³/mol. The molecule has 0 amide bonds. The average molecular weight is 202 g/mol. The molecule has 0 aliphatic carbocycles. The number of likely N-dealkylation sites (N-methyl/N-ethyl adjacent to an activating group) is 1. The second-order valence-corrected chi connectivity index (χ2v) is 3.05. The van der Waals surface area contributed by atoms with Gasteiger partial charge in [0.05, 0.1) is 12.4 Å². The standard InChI is InChI=1S/C8H12ClN3O/c1-6(3-10-2)13-8-5-11-4-7(9)12-8/h4-6,10H,3H2,1-2H3. The smallest absolute Gasteiger partial charge is 0.234 e. The molecule has 5 heteroatoms. The summed E-state index contributed by atoms with van der Waals surface area (Å²) in [5.74, 6) is 0.454. The highest BCUT2D eigenvalue weighted by atomic mass is 35.5. The topological polar surface area (TPSA) is 47.0 Å². The normalized spacial score (nSPS) is 12.5. The number of ether oxygens (including phenoxy) is 1. The van der Waals surface area contributed by atoms with Gasteiger partial charge in [0.25, 0.3) is 0 Å². The highest BCUT2D eigenvalue weighted by Crippen LogP contribution is 2.10. The number of rotatable bonds is 4. The van der Waals surface area contributed by atoms with Gasteiger partial charge in [-0.3, -0.25) is 4.98 Å². The second-order valence-electron chi connectivity index (χ2n) is 2.67. The van der Waals surface area contributed by atoms with E-state index in [9.17, 15) is 0 Å². The summed E-state index contributed by atoms with van der Waals surface area (Å²) >= 11 is 5.64. The van der Waals surface area contributed by atoms with E-state index in [4.69, 9.17) is 16.3 Å². The number of halogens is 1. The van der Waals surface area contributed by atoms with E-state index in [1.807, 2.05) is 14.0 Å². The maximum Gasteiger partial charge on any atom is 0.234 e. The molecule has 0 aliphatic heterocycles. The molecule has 0 saturated heterocycles. The minimum atomic E-state index is 0.0535. The SMILES string of the molecule is CNCC(C)Oc1cncc(Cl)n1. The number of hydrogen-bond acceptors (Lipinski definition) is 4. The van der Waals surface area contributed by atoms with Crippen molar-refractivity contribution in [2.75, 3.05) is 13.6 Å². The number of aromatic nitrogens is 2. The van der Waals surface area contributed by atoms with Crippen molar-refractivity contribution < 1.29 is 4.74 Å². The lowest BCUT2D eigenvalue weighted by molar-refractivity contribution is 0.211. The molecule has 1 atom stereocenters. The Balaban J connectivity index is 2.53. The average Bonchev–Trinajstić information content (AvgIpc) is 2.04. The van der Waals surface area contributed by atoms with Gasteiger partial charge in [0.1, 0.15) is 6.10 Å². The van der Waals surface area contributed by atoms with Gasteiger partial charge in [-0.1, -0.05) is 11.6 Å². The second kappa shape index (κ2) is 4.99. The number of hydrogen-bond donors (Lipinski definition) is 1. The van der Waals surface area contributed by atoms with Crippen molar-refractivity contribution in [2.45, 2.75) is 13.0 Å². The summed E-state index contributed by atoms with van der Waals surface area (Å²) in [6, 6.07) is 0. The zero-order valence-electron chi connectivity index (χ0n) is 7.62. The Hall–Kier alpha value is -0.870. The first-order chi connectivity index (χ1) is 6.22. The van der Waals surface area contributed by atoms with Crippen LogP contribution in [0.3, 0.4) is 0 Å². The lowest BCUT2D eigenvalue weighted by atomic mass is 10.4. The predicted octanol–water partition coefficient (Wildman–Crippen LogP) is 1.12. The Bertz CT molecular complexity index is 269. The van der Waals surface area contributed by atoms with Crippen LogP contribution in [0.15, 0.2) is 12.4 Å². The van der Waals surface area contributed by atoms with Crippen LogP contribution in [0.5, 0.6) is 5.88 Å². The first kappa shape index (κ1) is 10.2. The third-order valence-corrected chi connectivity index (χ3v) is 1.58. The number of nitrogens with zero attached hydrogens (tertiary/aromatic N) is 2. The summed E-state index contributed by atoms with van der Waals surface area (Å²) < 4.78 is 5.42. The van der Waals surface area contributed by atoms with E-state index in [2.05, 4.69) is 15.3 Å². The summed E-state index contributed by atoms with van der Waals surface area (Å²) in [4.78, 5) is 7.81. The van der Waals surface area contributed by atoms with Crippen LogP contribution < -0.4 is 10.1 Å². The van der Waals surface area contributed by atoms with Crippen LogP contribution in [0.25, 0.3) is 0 Å². The maximum absolute atomic E-state index is 5.64. The zero-order valence-corrected chi connectivity index (χ0v) is 8.38. The van der Waals surface area contributed by atoms with Gasteiger partial charge in [-0.25, -0.2) is 0 Å². The monoisotopic (exact) mass is 201 g/mol. The largest absolute Gasteiger partial charge is 0.472 e. The van der Waals surface area contributed by atoms with E-state index < -0.39 is 0 Å². The lowest BCUT2D eigenvalue weighted by Gasteiger charge is -2.12. The summed E-state index contributed by atoms with van der Waals surface area (Å²) in [7, 11) is 1.86. The lowest BCUT2D eigenvalue weighted by Crippen LogP contribution is -2.26. The third-order valence-electron chi connectivity index (χ3n) is 1.40. The fourth-order valence-corrected chi connectivity index (χ4v) is 1.06. The molecule has 1 N–H and O–H groups in total. The Labute approximate surface area is 82.3 Å². The maximum atomic E-state index is 5.64. The summed E-state index contributed by atoms with van der Waals surface area (Å²) in [6.45, 7) is 2.70. The molecule has 0 radical (unpaired) electrons. The molecule has 0 bridgehead atoms. The van der Waals surface area contributed by atoms with Gasteiger partial charge in [-0.05, 0) is 14.0 Å². The minimum Gasteiger partial charge on any atom is -0.472 e. The molecule has 1 rings (SSSR count). The van der Waals surface area contributed by atoms with Crippen LogP contribution in [0.2, 0.25) is 5.15 Å². The first-order valence-electron chi connectivity index (χ1n) is 4.01. The van der Waals surface area contributed by atoms with Crippen molar-refractivity contribution >= 4 is 11.6 Å². The number of nitrogens with one attached hydrogen (secondary N) is 1. The molecule has 4 nitrogen and oxygen atoms in total. The molecule has 0 fully saturated rings. The summed E-state index contributed by atoms with van der Waals surface area (Å²) in [6.07, 6.45) is 3.06. The zero-order chi connectivity index (χ0) is 9.68. The van der Waals surface area contributed by atoms with Crippen LogP contribution in [0, 0.1) is 0 Å². The van der Waals surface area contributed by atoms with Gasteiger partial charge in [-0.15, -0.1) is 0 Å². The van der Waals surface area contributed by atoms with Crippen LogP contribution in [-0.2, 0) is 0 Å². The van der Waals surface area contributed by atoms with Crippen LogP contribution in [0.1, 0.15) is 6.92 Å². The van der Waals surface area contributed by atoms with Gasteiger partial charge >= 0.3 is 0 Å². The summed E-state index contributed by atoms with van der Waals surface area (Å²) in [5.41, 5.74) is 0. The summed E-state index contributed by atoms with van der Waals surface area (Å²) in [5, 5.41) is 3.34. The van der Waals surface area contributed by atoms with Crippen LogP contribution in [-0.4, -0.2) is 29.7 Å². The Morgan fingerprint density at radius 1 is 1.62 bits per heavy atom. The van der Waals surface area contributed by atoms with E-state index in [1.54, 1.807) is 0 Å². The van der Waals surface area contributed by atoms with E-state index in [-0.39, 0.29) is 6.10 Å². The molecule has 1 heterocycles. The third kappa shape index (κ3) is 3.57. The molecule has 0 aromatic carbocycles. The molecule has 0 saturated carbocycles. The van der Waals surface area contributed by atoms with Gasteiger partial charge < -0.3 is 10.1 Å². The Kier molecular flexibility index (Phi) is 3.92. The van der Waals surface area contributed by atoms with Crippen molar-refractivity contribution in [3.05, 3.63) is 17.5 Å². The molecule has 1 unspecified atom stereocenters. The molecule has 0 spiro atoms. The van der Waals surface area contributed by atoms with E-state index >= 15 is 0 Å². The van der Waals surface area contributed by atoms with Crippen molar-refractivity contribution in [3.63, 3.8) is 0 Å². The van der Waals surface area contributed by atoms with E-state index in [1.165, 1.54) is 12.4 Å². The van der Waals surface area contributed by atoms with Crippen molar-refractivity contribution in [2.24, 2.45) is 0 Å². The fraction of sp³-hybridized carbons (Fsp3) is 0.500. The van der Waals surface area contributed by atoms with Gasteiger partial charge in [0.15, 0.2) is 5.15 Å². The molecule has 1 aromatic rings. The highest BCUT2D eigenvalue weighted by molar-refractivity contribution is 6.29. The molecule has 13 heavy (non-hydrogen) atoms. The molecule has 1 aromatic heterocycles. The quantitative estimate of drug-likeness (QED) is 0.793. The minimum absolute atomic E-state index is 0.0535. The van der Waals surface area contributed by atoms with Gasteiger partial charge in [-0.2, -0.15) is 4.98 Å². The van der Waals surface area contributed by atoms with Gasteiger partial charge in [0.2, 0.25) is 5.88 Å². The highest BCUT2D eigenvalue weighted by Gasteiger charge is 2.03. The molecule has 72 valence electrons. The Morgan fingerprint density at radius 2 is 2.38 bits per heavy atom. The molecule has 0 aliphatic rings. The van der Waals surface area contributed by atoms with Crippen molar-refractivity contribution in [3.8, 4) is 5.88 Å². The van der Waals surface area contributed by atoms with E-state index in [0.29, 0.717) is 11.0 Å². The van der Waals surface area contributed by atoms with E-state index in [0.717, 1.165) is 6.54 Å². The Morgan fingerprint density at radius 3 is 3.00 bits per heavy atom. The van der Waals surface area contributed by atoms with Crippen LogP contribution >= 0.6 is 11.6 Å². The molecular formula is C8H12ClN3O. The van der Waals surface area contributed by atoms with Crippen molar-refractivity contribution in [1.82, 2.24) is 15.3 Å². The fourth-order valence-electron chi connectivity index (χ4n) is 0.918. The first-order valence-corrected chi connectivity index (χ1v) is 4.39.